The molecule has 0 bridgehead atoms. The lowest BCUT2D eigenvalue weighted by molar-refractivity contribution is 0.585. The molecule has 0 fully saturated rings. The lowest BCUT2D eigenvalue weighted by Crippen LogP contribution is -2.16. The van der Waals surface area contributed by atoms with E-state index in [4.69, 9.17) is 0 Å². The Balaban J connectivity index is 2.28. The van der Waals surface area contributed by atoms with Crippen LogP contribution in [0.5, 0.6) is 0 Å². The predicted octanol–water partition coefficient (Wildman–Crippen LogP) is 4.79. The summed E-state index contributed by atoms with van der Waals surface area (Å²) in [5.41, 5.74) is 2.62. The maximum absolute atomic E-state index is 13.4. The minimum Gasteiger partial charge on any atom is -0.237 e. The third-order valence-corrected chi connectivity index (χ3v) is 6.38. The first-order chi connectivity index (χ1) is 12.5. The van der Waals surface area contributed by atoms with Gasteiger partial charge in [0.1, 0.15) is 6.07 Å². The summed E-state index contributed by atoms with van der Waals surface area (Å²) in [5, 5.41) is 10.4. The van der Waals surface area contributed by atoms with Crippen LogP contribution in [0.4, 0.5) is 0 Å². The van der Waals surface area contributed by atoms with Crippen LogP contribution in [0.15, 0.2) is 53.4 Å². The van der Waals surface area contributed by atoms with Gasteiger partial charge in [-0.15, -0.1) is 0 Å². The van der Waals surface area contributed by atoms with Crippen molar-refractivity contribution >= 4 is 20.9 Å². The first kappa shape index (κ1) is 18.2. The molecule has 0 radical (unpaired) electrons. The van der Waals surface area contributed by atoms with Crippen LogP contribution in [0, 0.1) is 18.3 Å². The number of unbranched alkanes of at least 4 members (excludes halogenated alkanes) is 2. The molecule has 0 aliphatic heterocycles. The molecular formula is C21H22N2O2S. The van der Waals surface area contributed by atoms with Gasteiger partial charge in [-0.25, -0.2) is 12.4 Å². The number of hydrogen-bond acceptors (Lipinski definition) is 3. The average Bonchev–Trinajstić information content (AvgIpc) is 2.96. The molecule has 0 aliphatic rings. The maximum Gasteiger partial charge on any atom is 0.268 e. The maximum atomic E-state index is 13.4. The molecule has 0 amide bonds. The summed E-state index contributed by atoms with van der Waals surface area (Å²) in [5.74, 6) is 0. The average molecular weight is 366 g/mol. The number of nitrogens with zero attached hydrogens (tertiary/aromatic N) is 2. The molecule has 0 saturated carbocycles. The van der Waals surface area contributed by atoms with Gasteiger partial charge in [0, 0.05) is 5.39 Å². The van der Waals surface area contributed by atoms with Crippen molar-refractivity contribution in [2.24, 2.45) is 0 Å². The zero-order chi connectivity index (χ0) is 18.7. The van der Waals surface area contributed by atoms with E-state index in [9.17, 15) is 13.7 Å². The Morgan fingerprint density at radius 2 is 1.73 bits per heavy atom. The molecule has 0 N–H and O–H groups in total. The van der Waals surface area contributed by atoms with E-state index < -0.39 is 10.0 Å². The quantitative estimate of drug-likeness (QED) is 0.589. The summed E-state index contributed by atoms with van der Waals surface area (Å²) in [7, 11) is -3.77. The molecule has 3 rings (SSSR count). The number of aryl methyl sites for hydroxylation is 1. The van der Waals surface area contributed by atoms with E-state index >= 15 is 0 Å². The molecular weight excluding hydrogens is 344 g/mol. The lowest BCUT2D eigenvalue weighted by Gasteiger charge is -2.12. The zero-order valence-corrected chi connectivity index (χ0v) is 15.9. The highest BCUT2D eigenvalue weighted by molar-refractivity contribution is 7.90. The Labute approximate surface area is 154 Å². The van der Waals surface area contributed by atoms with E-state index in [-0.39, 0.29) is 4.90 Å². The van der Waals surface area contributed by atoms with Crippen molar-refractivity contribution < 1.29 is 8.42 Å². The molecule has 4 nitrogen and oxygen atoms in total. The normalized spacial score (nSPS) is 11.6. The van der Waals surface area contributed by atoms with Crippen LogP contribution < -0.4 is 0 Å². The number of fused-ring (bicyclic) bond motifs is 1. The zero-order valence-electron chi connectivity index (χ0n) is 15.1. The summed E-state index contributed by atoms with van der Waals surface area (Å²) in [6.45, 7) is 4.02. The van der Waals surface area contributed by atoms with Gasteiger partial charge in [-0.05, 0) is 38.0 Å². The second-order valence-electron chi connectivity index (χ2n) is 6.49. The van der Waals surface area contributed by atoms with E-state index in [2.05, 4.69) is 13.0 Å². The fourth-order valence-corrected chi connectivity index (χ4v) is 4.83. The summed E-state index contributed by atoms with van der Waals surface area (Å²) < 4.78 is 28.2. The fourth-order valence-electron chi connectivity index (χ4n) is 3.25. The van der Waals surface area contributed by atoms with Gasteiger partial charge in [0.05, 0.1) is 21.7 Å². The Morgan fingerprint density at radius 1 is 1.04 bits per heavy atom. The summed E-state index contributed by atoms with van der Waals surface area (Å²) >= 11 is 0. The highest BCUT2D eigenvalue weighted by Crippen LogP contribution is 2.31. The van der Waals surface area contributed by atoms with E-state index in [1.54, 1.807) is 36.4 Å². The first-order valence-electron chi connectivity index (χ1n) is 8.85. The minimum absolute atomic E-state index is 0.241. The Morgan fingerprint density at radius 3 is 2.38 bits per heavy atom. The van der Waals surface area contributed by atoms with Gasteiger partial charge in [-0.3, -0.25) is 0 Å². The van der Waals surface area contributed by atoms with Crippen molar-refractivity contribution in [3.8, 4) is 6.07 Å². The van der Waals surface area contributed by atoms with Gasteiger partial charge < -0.3 is 0 Å². The number of aromatic nitrogens is 1. The highest BCUT2D eigenvalue weighted by atomic mass is 32.2. The monoisotopic (exact) mass is 366 g/mol. The van der Waals surface area contributed by atoms with Crippen LogP contribution in [-0.2, 0) is 16.4 Å². The molecule has 0 aliphatic carbocycles. The Hall–Kier alpha value is -2.58. The molecule has 3 aromatic rings. The van der Waals surface area contributed by atoms with E-state index in [1.165, 1.54) is 3.97 Å². The van der Waals surface area contributed by atoms with Crippen LogP contribution >= 0.6 is 0 Å². The van der Waals surface area contributed by atoms with Crippen LogP contribution in [0.25, 0.3) is 10.9 Å². The van der Waals surface area contributed by atoms with E-state index in [0.29, 0.717) is 28.6 Å². The Kier molecular flexibility index (Phi) is 5.15. The van der Waals surface area contributed by atoms with Crippen molar-refractivity contribution in [2.45, 2.75) is 44.4 Å². The molecule has 2 aromatic carbocycles. The lowest BCUT2D eigenvalue weighted by atomic mass is 10.1. The van der Waals surface area contributed by atoms with E-state index in [1.807, 2.05) is 19.1 Å². The number of para-hydroxylation sites is 1. The summed E-state index contributed by atoms with van der Waals surface area (Å²) in [6, 6.07) is 16.3. The van der Waals surface area contributed by atoms with Crippen LogP contribution in [0.2, 0.25) is 0 Å². The second kappa shape index (κ2) is 7.35. The van der Waals surface area contributed by atoms with Gasteiger partial charge in [0.25, 0.3) is 10.0 Å². The minimum atomic E-state index is -3.77. The smallest absolute Gasteiger partial charge is 0.237 e. The third-order valence-electron chi connectivity index (χ3n) is 4.61. The van der Waals surface area contributed by atoms with Crippen LogP contribution in [-0.4, -0.2) is 12.4 Å². The highest BCUT2D eigenvalue weighted by Gasteiger charge is 2.26. The number of benzene rings is 2. The molecule has 0 spiro atoms. The van der Waals surface area contributed by atoms with Crippen molar-refractivity contribution in [3.05, 3.63) is 65.4 Å². The SMILES string of the molecule is CCCCCc1c(C#N)c2ccccc2n1S(=O)(=O)c1ccc(C)cc1. The van der Waals surface area contributed by atoms with Gasteiger partial charge in [-0.2, -0.15) is 5.26 Å². The van der Waals surface area contributed by atoms with Gasteiger partial charge in [0.2, 0.25) is 0 Å². The molecule has 0 unspecified atom stereocenters. The number of rotatable bonds is 6. The first-order valence-corrected chi connectivity index (χ1v) is 10.3. The van der Waals surface area contributed by atoms with Crippen molar-refractivity contribution in [1.82, 2.24) is 3.97 Å². The summed E-state index contributed by atoms with van der Waals surface area (Å²) in [6.07, 6.45) is 3.45. The second-order valence-corrected chi connectivity index (χ2v) is 8.28. The van der Waals surface area contributed by atoms with Gasteiger partial charge in [0.15, 0.2) is 0 Å². The number of hydrogen-bond donors (Lipinski definition) is 0. The van der Waals surface area contributed by atoms with Crippen molar-refractivity contribution in [2.75, 3.05) is 0 Å². The van der Waals surface area contributed by atoms with Gasteiger partial charge >= 0.3 is 0 Å². The van der Waals surface area contributed by atoms with Crippen molar-refractivity contribution in [1.29, 1.82) is 5.26 Å². The molecule has 134 valence electrons. The van der Waals surface area contributed by atoms with Crippen molar-refractivity contribution in [3.63, 3.8) is 0 Å². The molecule has 1 aromatic heterocycles. The topological polar surface area (TPSA) is 62.9 Å². The largest absolute Gasteiger partial charge is 0.268 e. The fraction of sp³-hybridized carbons (Fsp3) is 0.286. The molecule has 0 saturated heterocycles. The predicted molar refractivity (Wildman–Crippen MR) is 104 cm³/mol. The van der Waals surface area contributed by atoms with Gasteiger partial charge in [-0.1, -0.05) is 55.7 Å². The van der Waals surface area contributed by atoms with E-state index in [0.717, 1.165) is 24.8 Å². The molecule has 26 heavy (non-hydrogen) atoms. The van der Waals surface area contributed by atoms with Crippen LogP contribution in [0.3, 0.4) is 0 Å². The van der Waals surface area contributed by atoms with Crippen LogP contribution in [0.1, 0.15) is 43.0 Å². The molecule has 5 heteroatoms. The molecule has 1 heterocycles. The Bertz CT molecular complexity index is 1070. The number of nitriles is 1. The standard InChI is InChI=1S/C21H22N2O2S/c1-3-4-5-9-21-19(15-22)18-8-6-7-10-20(18)23(21)26(24,25)17-13-11-16(2)12-14-17/h6-8,10-14H,3-5,9H2,1-2H3. The summed E-state index contributed by atoms with van der Waals surface area (Å²) in [4.78, 5) is 0.241. The third kappa shape index (κ3) is 3.13. The molecule has 0 atom stereocenters.